The summed E-state index contributed by atoms with van der Waals surface area (Å²) in [4.78, 5) is 7.83. The van der Waals surface area contributed by atoms with Crippen molar-refractivity contribution in [3.8, 4) is 0 Å². The van der Waals surface area contributed by atoms with Crippen LogP contribution in [0.3, 0.4) is 0 Å². The Bertz CT molecular complexity index is 1730. The smallest absolute Gasteiger partial charge is 0.0988 e. The van der Waals surface area contributed by atoms with Crippen LogP contribution in [0.4, 0.5) is 11.4 Å². The summed E-state index contributed by atoms with van der Waals surface area (Å²) >= 11 is 3.91. The molecule has 40 heavy (non-hydrogen) atoms. The van der Waals surface area contributed by atoms with Crippen molar-refractivity contribution < 1.29 is 0 Å². The third-order valence-electron chi connectivity index (χ3n) is 8.40. The van der Waals surface area contributed by atoms with E-state index in [2.05, 4.69) is 129 Å². The normalized spacial score (nSPS) is 21.9. The summed E-state index contributed by atoms with van der Waals surface area (Å²) in [7, 11) is 0. The molecule has 7 rings (SSSR count). The summed E-state index contributed by atoms with van der Waals surface area (Å²) < 4.78 is 0. The first-order chi connectivity index (χ1) is 19.4. The van der Waals surface area contributed by atoms with E-state index in [1.807, 2.05) is 23.5 Å². The van der Waals surface area contributed by atoms with Gasteiger partial charge in [-0.3, -0.25) is 0 Å². The maximum atomic E-state index is 2.61. The van der Waals surface area contributed by atoms with Crippen LogP contribution in [0.25, 0.3) is 21.5 Å². The zero-order chi connectivity index (χ0) is 27.4. The molecule has 2 aliphatic heterocycles. The molecule has 2 heterocycles. The Labute approximate surface area is 246 Å². The Hall–Kier alpha value is -3.08. The van der Waals surface area contributed by atoms with Gasteiger partial charge in [0.15, 0.2) is 0 Å². The van der Waals surface area contributed by atoms with Crippen molar-refractivity contribution in [3.63, 3.8) is 0 Å². The third kappa shape index (κ3) is 4.46. The van der Waals surface area contributed by atoms with Crippen LogP contribution < -0.4 is 9.80 Å². The topological polar surface area (TPSA) is 6.48 Å². The van der Waals surface area contributed by atoms with E-state index in [9.17, 15) is 0 Å². The van der Waals surface area contributed by atoms with Crippen molar-refractivity contribution in [2.75, 3.05) is 22.9 Å². The van der Waals surface area contributed by atoms with Gasteiger partial charge in [0.25, 0.3) is 0 Å². The molecule has 0 aromatic heterocycles. The van der Waals surface area contributed by atoms with E-state index >= 15 is 0 Å². The summed E-state index contributed by atoms with van der Waals surface area (Å²) in [5.74, 6) is 0. The molecule has 0 fully saturated rings. The third-order valence-corrected chi connectivity index (χ3v) is 10.7. The molecule has 0 saturated carbocycles. The fourth-order valence-electron chi connectivity index (χ4n) is 6.76. The molecule has 4 aromatic carbocycles. The lowest BCUT2D eigenvalue weighted by Crippen LogP contribution is -2.28. The maximum absolute atomic E-state index is 2.61. The Morgan fingerprint density at radius 1 is 0.825 bits per heavy atom. The first-order valence-corrected chi connectivity index (χ1v) is 16.2. The predicted molar refractivity (Wildman–Crippen MR) is 177 cm³/mol. The summed E-state index contributed by atoms with van der Waals surface area (Å²) in [6.07, 6.45) is 9.71. The lowest BCUT2D eigenvalue weighted by Gasteiger charge is -2.32. The molecule has 3 aliphatic rings. The molecule has 4 heteroatoms. The van der Waals surface area contributed by atoms with Gasteiger partial charge in [0.1, 0.15) is 0 Å². The van der Waals surface area contributed by atoms with E-state index in [4.69, 9.17) is 0 Å². The van der Waals surface area contributed by atoms with E-state index < -0.39 is 0 Å². The highest BCUT2D eigenvalue weighted by molar-refractivity contribution is 8.03. The van der Waals surface area contributed by atoms with Gasteiger partial charge in [-0.15, -0.1) is 0 Å². The second kappa shape index (κ2) is 10.1. The van der Waals surface area contributed by atoms with E-state index in [0.717, 1.165) is 25.9 Å². The highest BCUT2D eigenvalue weighted by atomic mass is 32.2. The SMILES string of the molecule is CCN1C(=CC2=CC(=CC3Sc4ccc5c(ccc6ccccc65)c4N3CC)CC(C)(C)C2)Sc2ccccc21. The molecular formula is C36H36N2S2. The van der Waals surface area contributed by atoms with Gasteiger partial charge >= 0.3 is 0 Å². The number of para-hydroxylation sites is 1. The van der Waals surface area contributed by atoms with Gasteiger partial charge in [-0.2, -0.15) is 0 Å². The number of fused-ring (bicyclic) bond motifs is 6. The van der Waals surface area contributed by atoms with Crippen LogP contribution in [0.5, 0.6) is 0 Å². The summed E-state index contributed by atoms with van der Waals surface area (Å²) in [5, 5.41) is 7.03. The maximum Gasteiger partial charge on any atom is 0.0988 e. The molecule has 2 nitrogen and oxygen atoms in total. The number of allylic oxidation sites excluding steroid dienone is 4. The number of anilines is 2. The number of likely N-dealkylation sites (N-methyl/N-ethyl adjacent to an activating group) is 1. The van der Waals surface area contributed by atoms with Crippen LogP contribution in [0, 0.1) is 5.41 Å². The Balaban J connectivity index is 1.25. The molecule has 0 spiro atoms. The predicted octanol–water partition coefficient (Wildman–Crippen LogP) is 10.4. The minimum atomic E-state index is 0.235. The average Bonchev–Trinajstić information content (AvgIpc) is 3.48. The van der Waals surface area contributed by atoms with E-state index in [1.165, 1.54) is 58.9 Å². The summed E-state index contributed by atoms with van der Waals surface area (Å²) in [6, 6.07) is 26.8. The van der Waals surface area contributed by atoms with E-state index in [-0.39, 0.29) is 5.41 Å². The zero-order valence-corrected chi connectivity index (χ0v) is 25.4. The van der Waals surface area contributed by atoms with E-state index in [0.29, 0.717) is 5.37 Å². The molecule has 0 bridgehead atoms. The van der Waals surface area contributed by atoms with E-state index in [1.54, 1.807) is 0 Å². The lowest BCUT2D eigenvalue weighted by atomic mass is 9.75. The molecule has 1 unspecified atom stereocenters. The molecule has 0 amide bonds. The highest BCUT2D eigenvalue weighted by Crippen LogP contribution is 2.51. The van der Waals surface area contributed by atoms with Crippen molar-refractivity contribution >= 4 is 56.4 Å². The fourth-order valence-corrected chi connectivity index (χ4v) is 9.34. The van der Waals surface area contributed by atoms with Gasteiger partial charge < -0.3 is 9.80 Å². The van der Waals surface area contributed by atoms with Crippen molar-refractivity contribution in [1.82, 2.24) is 0 Å². The summed E-state index contributed by atoms with van der Waals surface area (Å²) in [6.45, 7) is 11.4. The van der Waals surface area contributed by atoms with Gasteiger partial charge in [-0.05, 0) is 89.8 Å². The van der Waals surface area contributed by atoms with Crippen molar-refractivity contribution in [2.24, 2.45) is 5.41 Å². The lowest BCUT2D eigenvalue weighted by molar-refractivity contribution is 0.354. The standard InChI is InChI=1S/C36H36N2S2/c1-5-37-30-13-9-10-14-31(30)39-33(37)20-24-19-25(23-36(3,4)22-24)21-34-38(6-2)35-29-16-15-26-11-7-8-12-27(26)28(29)17-18-32(35)40-34/h7-21,34H,5-6,22-23H2,1-4H3. The molecule has 1 atom stereocenters. The largest absolute Gasteiger partial charge is 0.355 e. The number of thioether (sulfide) groups is 2. The van der Waals surface area contributed by atoms with Crippen LogP contribution in [0.2, 0.25) is 0 Å². The van der Waals surface area contributed by atoms with Crippen molar-refractivity contribution in [1.29, 1.82) is 0 Å². The quantitative estimate of drug-likeness (QED) is 0.229. The van der Waals surface area contributed by atoms with Gasteiger partial charge in [-0.25, -0.2) is 0 Å². The Kier molecular flexibility index (Phi) is 6.52. The van der Waals surface area contributed by atoms with Crippen LogP contribution >= 0.6 is 23.5 Å². The zero-order valence-electron chi connectivity index (χ0n) is 23.8. The minimum Gasteiger partial charge on any atom is -0.355 e. The van der Waals surface area contributed by atoms with Gasteiger partial charge in [0.2, 0.25) is 0 Å². The Morgan fingerprint density at radius 2 is 1.62 bits per heavy atom. The first-order valence-electron chi connectivity index (χ1n) is 14.5. The first kappa shape index (κ1) is 25.9. The average molecular weight is 561 g/mol. The second-order valence-corrected chi connectivity index (χ2v) is 14.1. The van der Waals surface area contributed by atoms with Crippen LogP contribution in [0.1, 0.15) is 40.5 Å². The number of rotatable bonds is 4. The van der Waals surface area contributed by atoms with Crippen molar-refractivity contribution in [2.45, 2.75) is 55.7 Å². The minimum absolute atomic E-state index is 0.235. The molecule has 0 radical (unpaired) electrons. The number of benzene rings is 4. The summed E-state index contributed by atoms with van der Waals surface area (Å²) in [5.41, 5.74) is 5.88. The van der Waals surface area contributed by atoms with Crippen molar-refractivity contribution in [3.05, 3.63) is 107 Å². The molecule has 4 aromatic rings. The number of hydrogen-bond donors (Lipinski definition) is 0. The number of hydrogen-bond acceptors (Lipinski definition) is 4. The highest BCUT2D eigenvalue weighted by Gasteiger charge is 2.32. The van der Waals surface area contributed by atoms with Gasteiger partial charge in [-0.1, -0.05) is 98.0 Å². The van der Waals surface area contributed by atoms with Gasteiger partial charge in [0.05, 0.1) is 21.8 Å². The fraction of sp³-hybridized carbons (Fsp3) is 0.278. The molecule has 0 N–H and O–H groups in total. The monoisotopic (exact) mass is 560 g/mol. The molecule has 1 aliphatic carbocycles. The van der Waals surface area contributed by atoms with Crippen LogP contribution in [-0.2, 0) is 0 Å². The Morgan fingerprint density at radius 3 is 2.48 bits per heavy atom. The second-order valence-electron chi connectivity index (χ2n) is 11.9. The number of nitrogens with zero attached hydrogens (tertiary/aromatic N) is 2. The van der Waals surface area contributed by atoms with Crippen LogP contribution in [-0.4, -0.2) is 18.5 Å². The van der Waals surface area contributed by atoms with Crippen LogP contribution in [0.15, 0.2) is 117 Å². The molecular weight excluding hydrogens is 525 g/mol. The molecule has 202 valence electrons. The van der Waals surface area contributed by atoms with Gasteiger partial charge in [0, 0.05) is 28.3 Å². The molecule has 0 saturated heterocycles.